The number of aromatic nitrogens is 1. The lowest BCUT2D eigenvalue weighted by Gasteiger charge is -2.01. The van der Waals surface area contributed by atoms with E-state index in [-0.39, 0.29) is 0 Å². The minimum Gasteiger partial charge on any atom is -0.364 e. The maximum absolute atomic E-state index is 4.73. The molecule has 1 N–H and O–H groups in total. The quantitative estimate of drug-likeness (QED) is 0.797. The highest BCUT2D eigenvalue weighted by Crippen LogP contribution is 1.98. The van der Waals surface area contributed by atoms with Crippen LogP contribution in [0.15, 0.2) is 47.2 Å². The summed E-state index contributed by atoms with van der Waals surface area (Å²) < 4.78 is 4.73. The maximum atomic E-state index is 4.73. The second kappa shape index (κ2) is 4.58. The Morgan fingerprint density at radius 2 is 1.93 bits per heavy atom. The standard InChI is InChI=1S/C11H12N2O/c1-2-4-10(5-3-1)8-12-9-11-6-7-14-13-11/h1-7,12H,8-9H2. The molecule has 1 aromatic carbocycles. The van der Waals surface area contributed by atoms with Crippen LogP contribution in [0.25, 0.3) is 0 Å². The normalized spacial score (nSPS) is 10.3. The Hall–Kier alpha value is -1.61. The fourth-order valence-corrected chi connectivity index (χ4v) is 1.26. The molecular formula is C11H12N2O. The first-order valence-electron chi connectivity index (χ1n) is 4.59. The van der Waals surface area contributed by atoms with Gasteiger partial charge in [-0.1, -0.05) is 35.5 Å². The Morgan fingerprint density at radius 3 is 2.64 bits per heavy atom. The molecule has 0 saturated carbocycles. The molecule has 14 heavy (non-hydrogen) atoms. The maximum Gasteiger partial charge on any atom is 0.124 e. The van der Waals surface area contributed by atoms with Crippen molar-refractivity contribution in [1.29, 1.82) is 0 Å². The van der Waals surface area contributed by atoms with Crippen LogP contribution in [0.2, 0.25) is 0 Å². The van der Waals surface area contributed by atoms with Gasteiger partial charge in [0.15, 0.2) is 0 Å². The molecule has 72 valence electrons. The third kappa shape index (κ3) is 2.44. The van der Waals surface area contributed by atoms with E-state index >= 15 is 0 Å². The summed E-state index contributed by atoms with van der Waals surface area (Å²) in [6, 6.07) is 12.1. The third-order valence-corrected chi connectivity index (χ3v) is 1.97. The predicted octanol–water partition coefficient (Wildman–Crippen LogP) is 1.96. The van der Waals surface area contributed by atoms with Crippen LogP contribution in [-0.4, -0.2) is 5.16 Å². The van der Waals surface area contributed by atoms with Gasteiger partial charge in [0.05, 0.1) is 5.69 Å². The molecule has 2 rings (SSSR count). The Bertz CT molecular complexity index is 356. The molecule has 0 saturated heterocycles. The number of rotatable bonds is 4. The van der Waals surface area contributed by atoms with E-state index in [2.05, 4.69) is 22.6 Å². The van der Waals surface area contributed by atoms with Crippen LogP contribution >= 0.6 is 0 Å². The fraction of sp³-hybridized carbons (Fsp3) is 0.182. The van der Waals surface area contributed by atoms with Gasteiger partial charge in [0.1, 0.15) is 6.26 Å². The highest BCUT2D eigenvalue weighted by molar-refractivity contribution is 5.14. The SMILES string of the molecule is c1ccc(CNCc2ccon2)cc1. The van der Waals surface area contributed by atoms with Crippen molar-refractivity contribution in [3.8, 4) is 0 Å². The van der Waals surface area contributed by atoms with Gasteiger partial charge in [-0.2, -0.15) is 0 Å². The predicted molar refractivity (Wildman–Crippen MR) is 53.5 cm³/mol. The summed E-state index contributed by atoms with van der Waals surface area (Å²) >= 11 is 0. The van der Waals surface area contributed by atoms with Gasteiger partial charge in [0.25, 0.3) is 0 Å². The molecule has 0 aliphatic heterocycles. The van der Waals surface area contributed by atoms with Crippen molar-refractivity contribution >= 4 is 0 Å². The summed E-state index contributed by atoms with van der Waals surface area (Å²) in [7, 11) is 0. The molecule has 1 aromatic heterocycles. The largest absolute Gasteiger partial charge is 0.364 e. The van der Waals surface area contributed by atoms with E-state index < -0.39 is 0 Å². The van der Waals surface area contributed by atoms with Gasteiger partial charge in [0, 0.05) is 19.2 Å². The summed E-state index contributed by atoms with van der Waals surface area (Å²) in [5.41, 5.74) is 2.21. The van der Waals surface area contributed by atoms with Gasteiger partial charge in [-0.05, 0) is 5.56 Å². The lowest BCUT2D eigenvalue weighted by molar-refractivity contribution is 0.408. The number of hydrogen-bond acceptors (Lipinski definition) is 3. The van der Waals surface area contributed by atoms with E-state index in [0.29, 0.717) is 0 Å². The Labute approximate surface area is 82.7 Å². The Kier molecular flexibility index (Phi) is 2.93. The number of nitrogens with one attached hydrogen (secondary N) is 1. The summed E-state index contributed by atoms with van der Waals surface area (Å²) in [6.07, 6.45) is 1.58. The fourth-order valence-electron chi connectivity index (χ4n) is 1.26. The van der Waals surface area contributed by atoms with Gasteiger partial charge < -0.3 is 9.84 Å². The van der Waals surface area contributed by atoms with Crippen LogP contribution in [-0.2, 0) is 13.1 Å². The van der Waals surface area contributed by atoms with E-state index in [1.807, 2.05) is 24.3 Å². The summed E-state index contributed by atoms with van der Waals surface area (Å²) in [4.78, 5) is 0. The molecule has 0 atom stereocenters. The van der Waals surface area contributed by atoms with E-state index in [1.54, 1.807) is 6.26 Å². The van der Waals surface area contributed by atoms with E-state index in [0.717, 1.165) is 18.8 Å². The number of nitrogens with zero attached hydrogens (tertiary/aromatic N) is 1. The molecule has 0 aliphatic rings. The molecular weight excluding hydrogens is 176 g/mol. The van der Waals surface area contributed by atoms with Crippen molar-refractivity contribution in [2.75, 3.05) is 0 Å². The summed E-state index contributed by atoms with van der Waals surface area (Å²) in [5, 5.41) is 7.09. The van der Waals surface area contributed by atoms with E-state index in [4.69, 9.17) is 4.52 Å². The number of benzene rings is 1. The summed E-state index contributed by atoms with van der Waals surface area (Å²) in [6.45, 7) is 1.60. The average Bonchev–Trinajstić information content (AvgIpc) is 2.72. The lowest BCUT2D eigenvalue weighted by Crippen LogP contribution is -2.12. The topological polar surface area (TPSA) is 38.1 Å². The second-order valence-electron chi connectivity index (χ2n) is 3.08. The first-order valence-corrected chi connectivity index (χ1v) is 4.59. The van der Waals surface area contributed by atoms with Gasteiger partial charge >= 0.3 is 0 Å². The molecule has 1 heterocycles. The third-order valence-electron chi connectivity index (χ3n) is 1.97. The molecule has 0 aliphatic carbocycles. The van der Waals surface area contributed by atoms with E-state index in [9.17, 15) is 0 Å². The zero-order valence-electron chi connectivity index (χ0n) is 7.81. The average molecular weight is 188 g/mol. The zero-order chi connectivity index (χ0) is 9.64. The Morgan fingerprint density at radius 1 is 1.07 bits per heavy atom. The molecule has 0 fully saturated rings. The van der Waals surface area contributed by atoms with Crippen molar-refractivity contribution in [3.63, 3.8) is 0 Å². The minimum absolute atomic E-state index is 0.741. The molecule has 0 bridgehead atoms. The zero-order valence-corrected chi connectivity index (χ0v) is 7.81. The van der Waals surface area contributed by atoms with Crippen LogP contribution in [0.5, 0.6) is 0 Å². The molecule has 2 aromatic rings. The first-order chi connectivity index (χ1) is 6.95. The van der Waals surface area contributed by atoms with Gasteiger partial charge in [-0.15, -0.1) is 0 Å². The van der Waals surface area contributed by atoms with Gasteiger partial charge in [-0.25, -0.2) is 0 Å². The Balaban J connectivity index is 1.79. The lowest BCUT2D eigenvalue weighted by atomic mass is 10.2. The highest BCUT2D eigenvalue weighted by Gasteiger charge is 1.95. The van der Waals surface area contributed by atoms with Crippen LogP contribution in [0.1, 0.15) is 11.3 Å². The van der Waals surface area contributed by atoms with Crippen LogP contribution in [0.4, 0.5) is 0 Å². The second-order valence-corrected chi connectivity index (χ2v) is 3.08. The highest BCUT2D eigenvalue weighted by atomic mass is 16.5. The van der Waals surface area contributed by atoms with Crippen LogP contribution < -0.4 is 5.32 Å². The molecule has 0 unspecified atom stereocenters. The smallest absolute Gasteiger partial charge is 0.124 e. The van der Waals surface area contributed by atoms with Crippen molar-refractivity contribution in [2.45, 2.75) is 13.1 Å². The monoisotopic (exact) mass is 188 g/mol. The molecule has 0 amide bonds. The molecule has 3 nitrogen and oxygen atoms in total. The van der Waals surface area contributed by atoms with E-state index in [1.165, 1.54) is 5.56 Å². The number of hydrogen-bond donors (Lipinski definition) is 1. The van der Waals surface area contributed by atoms with Crippen molar-refractivity contribution < 1.29 is 4.52 Å². The van der Waals surface area contributed by atoms with Crippen molar-refractivity contribution in [3.05, 3.63) is 53.9 Å². The summed E-state index contributed by atoms with van der Waals surface area (Å²) in [5.74, 6) is 0. The van der Waals surface area contributed by atoms with Crippen LogP contribution in [0.3, 0.4) is 0 Å². The van der Waals surface area contributed by atoms with Gasteiger partial charge in [-0.3, -0.25) is 0 Å². The first kappa shape index (κ1) is 8.97. The van der Waals surface area contributed by atoms with Crippen molar-refractivity contribution in [2.24, 2.45) is 0 Å². The van der Waals surface area contributed by atoms with Crippen LogP contribution in [0, 0.1) is 0 Å². The molecule has 0 radical (unpaired) electrons. The van der Waals surface area contributed by atoms with Gasteiger partial charge in [0.2, 0.25) is 0 Å². The molecule has 3 heteroatoms. The van der Waals surface area contributed by atoms with Crippen molar-refractivity contribution in [1.82, 2.24) is 10.5 Å². The minimum atomic E-state index is 0.741. The molecule has 0 spiro atoms.